The van der Waals surface area contributed by atoms with E-state index in [-0.39, 0.29) is 18.1 Å². The normalized spacial score (nSPS) is 11.2. The van der Waals surface area contributed by atoms with Crippen LogP contribution < -0.4 is 5.69 Å². The molecule has 5 nitrogen and oxygen atoms in total. The van der Waals surface area contributed by atoms with Gasteiger partial charge in [0.05, 0.1) is 6.54 Å². The van der Waals surface area contributed by atoms with Crippen molar-refractivity contribution in [2.75, 3.05) is 0 Å². The summed E-state index contributed by atoms with van der Waals surface area (Å²) in [6.07, 6.45) is 0. The number of benzene rings is 2. The average Bonchev–Trinajstić information content (AvgIpc) is 2.97. The molecule has 0 spiro atoms. The summed E-state index contributed by atoms with van der Waals surface area (Å²) in [6.45, 7) is 0.188. The summed E-state index contributed by atoms with van der Waals surface area (Å²) >= 11 is 7.41. The molecule has 0 unspecified atom stereocenters. The molecule has 0 radical (unpaired) electrons. The van der Waals surface area contributed by atoms with Crippen LogP contribution in [0.2, 0.25) is 5.02 Å². The summed E-state index contributed by atoms with van der Waals surface area (Å²) in [5.74, 6) is 0.366. The molecule has 4 aromatic rings. The lowest BCUT2D eigenvalue weighted by molar-refractivity contribution is 0.613. The molecule has 0 amide bonds. The zero-order chi connectivity index (χ0) is 18.8. The summed E-state index contributed by atoms with van der Waals surface area (Å²) in [5, 5.41) is 10.0. The van der Waals surface area contributed by atoms with Crippen molar-refractivity contribution in [2.24, 2.45) is 0 Å². The lowest BCUT2D eigenvalue weighted by Gasteiger charge is -2.01. The van der Waals surface area contributed by atoms with Crippen molar-refractivity contribution in [1.29, 1.82) is 0 Å². The van der Waals surface area contributed by atoms with Gasteiger partial charge in [0.25, 0.3) is 0 Å². The highest BCUT2D eigenvalue weighted by Crippen LogP contribution is 2.21. The van der Waals surface area contributed by atoms with E-state index in [2.05, 4.69) is 10.2 Å². The first-order valence-corrected chi connectivity index (χ1v) is 9.53. The second-order valence-corrected chi connectivity index (χ2v) is 7.36. The van der Waals surface area contributed by atoms with Crippen molar-refractivity contribution >= 4 is 29.0 Å². The summed E-state index contributed by atoms with van der Waals surface area (Å²) < 4.78 is 15.9. The largest absolute Gasteiger partial charge is 0.367 e. The van der Waals surface area contributed by atoms with E-state index in [1.807, 2.05) is 30.3 Å². The number of aromatic nitrogens is 4. The van der Waals surface area contributed by atoms with Gasteiger partial charge in [-0.25, -0.2) is 13.9 Å². The molecule has 0 saturated carbocycles. The SMILES string of the molecule is O=c1n(Cc2cccc(F)c2)nc2ccc(SCc3ccc(Cl)cc3)nn12. The lowest BCUT2D eigenvalue weighted by atomic mass is 10.2. The number of hydrogen-bond acceptors (Lipinski definition) is 4. The molecule has 2 heterocycles. The van der Waals surface area contributed by atoms with Crippen molar-refractivity contribution in [3.8, 4) is 0 Å². The molecule has 0 saturated heterocycles. The summed E-state index contributed by atoms with van der Waals surface area (Å²) in [7, 11) is 0. The zero-order valence-electron chi connectivity index (χ0n) is 14.0. The van der Waals surface area contributed by atoms with E-state index in [1.54, 1.807) is 18.2 Å². The first kappa shape index (κ1) is 17.8. The minimum atomic E-state index is -0.358. The van der Waals surface area contributed by atoms with Crippen LogP contribution in [0.5, 0.6) is 0 Å². The van der Waals surface area contributed by atoms with Crippen LogP contribution in [0, 0.1) is 5.82 Å². The van der Waals surface area contributed by atoms with E-state index >= 15 is 0 Å². The van der Waals surface area contributed by atoms with Crippen LogP contribution in [0.1, 0.15) is 11.1 Å². The minimum Gasteiger partial charge on any atom is -0.244 e. The Morgan fingerprint density at radius 3 is 2.59 bits per heavy atom. The molecule has 27 heavy (non-hydrogen) atoms. The molecular formula is C19H14ClFN4OS. The van der Waals surface area contributed by atoms with Crippen molar-refractivity contribution in [1.82, 2.24) is 19.4 Å². The predicted octanol–water partition coefficient (Wildman–Crippen LogP) is 4.02. The first-order chi connectivity index (χ1) is 13.1. The van der Waals surface area contributed by atoms with Gasteiger partial charge in [0.1, 0.15) is 10.8 Å². The van der Waals surface area contributed by atoms with Gasteiger partial charge in [0.15, 0.2) is 5.65 Å². The van der Waals surface area contributed by atoms with E-state index in [0.717, 1.165) is 5.56 Å². The second-order valence-electron chi connectivity index (χ2n) is 5.93. The summed E-state index contributed by atoms with van der Waals surface area (Å²) in [4.78, 5) is 12.6. The highest BCUT2D eigenvalue weighted by molar-refractivity contribution is 7.98. The third kappa shape index (κ3) is 4.04. The second kappa shape index (κ2) is 7.54. The maximum atomic E-state index is 13.3. The Morgan fingerprint density at radius 2 is 1.81 bits per heavy atom. The molecule has 2 aromatic heterocycles. The topological polar surface area (TPSA) is 52.2 Å². The molecule has 8 heteroatoms. The molecular weight excluding hydrogens is 387 g/mol. The third-order valence-electron chi connectivity index (χ3n) is 3.94. The molecule has 4 rings (SSSR count). The Hall–Kier alpha value is -2.64. The zero-order valence-corrected chi connectivity index (χ0v) is 15.6. The fourth-order valence-electron chi connectivity index (χ4n) is 2.62. The predicted molar refractivity (Wildman–Crippen MR) is 104 cm³/mol. The maximum absolute atomic E-state index is 13.3. The van der Waals surface area contributed by atoms with Gasteiger partial charge < -0.3 is 0 Å². The van der Waals surface area contributed by atoms with Crippen LogP contribution in [0.15, 0.2) is 70.5 Å². The number of rotatable bonds is 5. The van der Waals surface area contributed by atoms with E-state index < -0.39 is 0 Å². The van der Waals surface area contributed by atoms with Crippen molar-refractivity contribution < 1.29 is 4.39 Å². The van der Waals surface area contributed by atoms with E-state index in [1.165, 1.54) is 33.1 Å². The van der Waals surface area contributed by atoms with Crippen molar-refractivity contribution in [2.45, 2.75) is 17.3 Å². The van der Waals surface area contributed by atoms with Crippen molar-refractivity contribution in [3.05, 3.63) is 93.1 Å². The Bertz CT molecular complexity index is 1160. The highest BCUT2D eigenvalue weighted by atomic mass is 35.5. The number of hydrogen-bond donors (Lipinski definition) is 0. The van der Waals surface area contributed by atoms with Crippen molar-refractivity contribution in [3.63, 3.8) is 0 Å². The van der Waals surface area contributed by atoms with Crippen LogP contribution in [0.3, 0.4) is 0 Å². The van der Waals surface area contributed by atoms with Gasteiger partial charge in [0, 0.05) is 10.8 Å². The molecule has 0 aliphatic carbocycles. The standard InChI is InChI=1S/C19H14ClFN4OS/c20-15-6-4-13(5-7-15)12-27-18-9-8-17-22-24(19(26)25(17)23-18)11-14-2-1-3-16(21)10-14/h1-10H,11-12H2. The third-order valence-corrected chi connectivity index (χ3v) is 5.18. The number of thioether (sulfide) groups is 1. The van der Waals surface area contributed by atoms with Crippen LogP contribution in [-0.2, 0) is 12.3 Å². The van der Waals surface area contributed by atoms with Gasteiger partial charge in [-0.05, 0) is 47.5 Å². The number of fused-ring (bicyclic) bond motifs is 1. The quantitative estimate of drug-likeness (QED) is 0.475. The molecule has 2 aromatic carbocycles. The Labute approximate surface area is 163 Å². The lowest BCUT2D eigenvalue weighted by Crippen LogP contribution is -2.23. The first-order valence-electron chi connectivity index (χ1n) is 8.17. The van der Waals surface area contributed by atoms with Gasteiger partial charge in [-0.2, -0.15) is 9.61 Å². The Morgan fingerprint density at radius 1 is 1.00 bits per heavy atom. The van der Waals surface area contributed by atoms with Crippen LogP contribution >= 0.6 is 23.4 Å². The molecule has 136 valence electrons. The molecule has 0 fully saturated rings. The number of nitrogens with zero attached hydrogens (tertiary/aromatic N) is 4. The summed E-state index contributed by atoms with van der Waals surface area (Å²) in [5.41, 5.74) is 1.87. The maximum Gasteiger partial charge on any atom is 0.367 e. The smallest absolute Gasteiger partial charge is 0.244 e. The van der Waals surface area contributed by atoms with Gasteiger partial charge in [-0.1, -0.05) is 47.6 Å². The van der Waals surface area contributed by atoms with E-state index in [4.69, 9.17) is 11.6 Å². The van der Waals surface area contributed by atoms with Crippen LogP contribution in [-0.4, -0.2) is 19.4 Å². The van der Waals surface area contributed by atoms with Crippen LogP contribution in [0.25, 0.3) is 5.65 Å². The van der Waals surface area contributed by atoms with E-state index in [0.29, 0.717) is 27.0 Å². The molecule has 0 bridgehead atoms. The monoisotopic (exact) mass is 400 g/mol. The molecule has 0 N–H and O–H groups in total. The van der Waals surface area contributed by atoms with Gasteiger partial charge in [-0.3, -0.25) is 0 Å². The molecule has 0 aliphatic heterocycles. The minimum absolute atomic E-state index is 0.188. The average molecular weight is 401 g/mol. The fraction of sp³-hybridized carbons (Fsp3) is 0.105. The Kier molecular flexibility index (Phi) is 4.96. The fourth-order valence-corrected chi connectivity index (χ4v) is 3.55. The summed E-state index contributed by atoms with van der Waals surface area (Å²) in [6, 6.07) is 17.3. The van der Waals surface area contributed by atoms with Gasteiger partial charge in [0.2, 0.25) is 0 Å². The highest BCUT2D eigenvalue weighted by Gasteiger charge is 2.10. The van der Waals surface area contributed by atoms with Crippen LogP contribution in [0.4, 0.5) is 4.39 Å². The van der Waals surface area contributed by atoms with Gasteiger partial charge in [-0.15, -0.1) is 5.10 Å². The molecule has 0 aliphatic rings. The number of halogens is 2. The van der Waals surface area contributed by atoms with E-state index in [9.17, 15) is 9.18 Å². The Balaban J connectivity index is 1.56. The molecule has 0 atom stereocenters. The van der Waals surface area contributed by atoms with Gasteiger partial charge >= 0.3 is 5.69 Å².